The van der Waals surface area contributed by atoms with Crippen molar-refractivity contribution in [3.63, 3.8) is 0 Å². The molecular weight excluding hydrogens is 378 g/mol. The number of ketones is 1. The third-order valence-electron chi connectivity index (χ3n) is 5.41. The topological polar surface area (TPSA) is 75.3 Å². The molecule has 30 heavy (non-hydrogen) atoms. The summed E-state index contributed by atoms with van der Waals surface area (Å²) in [5.41, 5.74) is 3.86. The molecule has 2 aromatic heterocycles. The summed E-state index contributed by atoms with van der Waals surface area (Å²) in [5.74, 6) is 0.739. The van der Waals surface area contributed by atoms with Gasteiger partial charge in [0.2, 0.25) is 5.91 Å². The summed E-state index contributed by atoms with van der Waals surface area (Å²) in [6.45, 7) is 3.74. The molecule has 0 spiro atoms. The van der Waals surface area contributed by atoms with Crippen molar-refractivity contribution in [2.24, 2.45) is 0 Å². The minimum absolute atomic E-state index is 0.0187. The predicted molar refractivity (Wildman–Crippen MR) is 116 cm³/mol. The van der Waals surface area contributed by atoms with Crippen LogP contribution >= 0.6 is 0 Å². The van der Waals surface area contributed by atoms with Gasteiger partial charge in [0, 0.05) is 54.8 Å². The van der Waals surface area contributed by atoms with Gasteiger partial charge in [0.05, 0.1) is 6.61 Å². The minimum atomic E-state index is -0.0223. The lowest BCUT2D eigenvalue weighted by Crippen LogP contribution is -2.34. The maximum Gasteiger partial charge on any atom is 0.223 e. The standard InChI is InChI=1S/C24H25N3O3/c1-2-30-19-7-5-18(6-8-19)22(28)9-10-23(29)27-14-11-17(12-15-27)21-16-26-24-20(21)4-3-13-25-24/h3-8,11,13,16H,2,9-10,12,14-15H2,1H3,(H,25,26). The zero-order chi connectivity index (χ0) is 20.9. The number of amides is 1. The summed E-state index contributed by atoms with van der Waals surface area (Å²) < 4.78 is 5.39. The minimum Gasteiger partial charge on any atom is -0.494 e. The van der Waals surface area contributed by atoms with E-state index in [2.05, 4.69) is 22.1 Å². The molecule has 0 atom stereocenters. The Bertz CT molecular complexity index is 1080. The van der Waals surface area contributed by atoms with Crippen LogP contribution in [0.5, 0.6) is 5.75 Å². The van der Waals surface area contributed by atoms with Gasteiger partial charge in [-0.3, -0.25) is 9.59 Å². The molecule has 6 nitrogen and oxygen atoms in total. The monoisotopic (exact) mass is 403 g/mol. The summed E-state index contributed by atoms with van der Waals surface area (Å²) in [6.07, 6.45) is 7.09. The van der Waals surface area contributed by atoms with Crippen LogP contribution in [0.1, 0.15) is 42.1 Å². The SMILES string of the molecule is CCOc1ccc(C(=O)CCC(=O)N2CC=C(c3c[nH]c4ncccc34)CC2)cc1. The molecule has 154 valence electrons. The van der Waals surface area contributed by atoms with Crippen LogP contribution in [-0.4, -0.2) is 46.3 Å². The number of Topliss-reactive ketones (excluding diaryl/α,β-unsaturated/α-hetero) is 1. The Balaban J connectivity index is 1.32. The first-order valence-electron chi connectivity index (χ1n) is 10.3. The van der Waals surface area contributed by atoms with Crippen LogP contribution in [0.15, 0.2) is 54.9 Å². The number of benzene rings is 1. The summed E-state index contributed by atoms with van der Waals surface area (Å²) in [4.78, 5) is 34.3. The number of carbonyl (C=O) groups excluding carboxylic acids is 2. The molecule has 1 N–H and O–H groups in total. The number of ether oxygens (including phenoxy) is 1. The molecule has 0 unspecified atom stereocenters. The van der Waals surface area contributed by atoms with Gasteiger partial charge in [0.15, 0.2) is 5.78 Å². The zero-order valence-electron chi connectivity index (χ0n) is 17.1. The second kappa shape index (κ2) is 8.95. The highest BCUT2D eigenvalue weighted by Crippen LogP contribution is 2.28. The van der Waals surface area contributed by atoms with E-state index in [1.54, 1.807) is 30.5 Å². The second-order valence-corrected chi connectivity index (χ2v) is 7.30. The van der Waals surface area contributed by atoms with E-state index in [-0.39, 0.29) is 24.5 Å². The number of H-pyrrole nitrogens is 1. The van der Waals surface area contributed by atoms with Crippen molar-refractivity contribution in [2.75, 3.05) is 19.7 Å². The normalized spacial score (nSPS) is 13.9. The molecule has 3 aromatic rings. The molecule has 0 saturated carbocycles. The molecule has 0 bridgehead atoms. The van der Waals surface area contributed by atoms with Crippen molar-refractivity contribution in [1.82, 2.24) is 14.9 Å². The van der Waals surface area contributed by atoms with Crippen molar-refractivity contribution < 1.29 is 14.3 Å². The molecule has 0 radical (unpaired) electrons. The zero-order valence-corrected chi connectivity index (χ0v) is 17.1. The number of hydrogen-bond acceptors (Lipinski definition) is 4. The van der Waals surface area contributed by atoms with Crippen LogP contribution < -0.4 is 4.74 Å². The molecule has 0 aliphatic carbocycles. The van der Waals surface area contributed by atoms with Crippen LogP contribution in [0.25, 0.3) is 16.6 Å². The fourth-order valence-electron chi connectivity index (χ4n) is 3.79. The fourth-order valence-corrected chi connectivity index (χ4v) is 3.79. The summed E-state index contributed by atoms with van der Waals surface area (Å²) >= 11 is 0. The first-order valence-corrected chi connectivity index (χ1v) is 10.3. The molecule has 0 fully saturated rings. The molecule has 1 aliphatic heterocycles. The number of pyridine rings is 1. The highest BCUT2D eigenvalue weighted by atomic mass is 16.5. The Hall–Kier alpha value is -3.41. The Kier molecular flexibility index (Phi) is 5.93. The first kappa shape index (κ1) is 19.9. The van der Waals surface area contributed by atoms with Crippen LogP contribution in [0.3, 0.4) is 0 Å². The molecule has 3 heterocycles. The van der Waals surface area contributed by atoms with Crippen LogP contribution in [0.4, 0.5) is 0 Å². The average Bonchev–Trinajstić information content (AvgIpc) is 3.22. The van der Waals surface area contributed by atoms with Gasteiger partial charge in [0.1, 0.15) is 11.4 Å². The number of nitrogens with zero attached hydrogens (tertiary/aromatic N) is 2. The van der Waals surface area contributed by atoms with E-state index in [1.165, 1.54) is 5.57 Å². The molecular formula is C24H25N3O3. The number of carbonyl (C=O) groups is 2. The number of fused-ring (bicyclic) bond motifs is 1. The number of nitrogens with one attached hydrogen (secondary N) is 1. The highest BCUT2D eigenvalue weighted by Gasteiger charge is 2.20. The predicted octanol–water partition coefficient (Wildman–Crippen LogP) is 4.24. The van der Waals surface area contributed by atoms with Crippen molar-refractivity contribution in [3.8, 4) is 5.75 Å². The van der Waals surface area contributed by atoms with Crippen molar-refractivity contribution in [2.45, 2.75) is 26.2 Å². The Morgan fingerprint density at radius 1 is 1.17 bits per heavy atom. The van der Waals surface area contributed by atoms with E-state index in [4.69, 9.17) is 4.74 Å². The first-order chi connectivity index (χ1) is 14.7. The van der Waals surface area contributed by atoms with Crippen molar-refractivity contribution in [1.29, 1.82) is 0 Å². The number of rotatable bonds is 7. The van der Waals surface area contributed by atoms with E-state index in [9.17, 15) is 9.59 Å². The molecule has 4 rings (SSSR count). The average molecular weight is 403 g/mol. The van der Waals surface area contributed by atoms with E-state index in [1.807, 2.05) is 24.1 Å². The van der Waals surface area contributed by atoms with Gasteiger partial charge in [-0.2, -0.15) is 0 Å². The molecule has 1 amide bonds. The lowest BCUT2D eigenvalue weighted by Gasteiger charge is -2.26. The maximum absolute atomic E-state index is 12.6. The summed E-state index contributed by atoms with van der Waals surface area (Å²) in [5, 5.41) is 1.10. The Morgan fingerprint density at radius 2 is 2.00 bits per heavy atom. The number of aromatic nitrogens is 2. The van der Waals surface area contributed by atoms with Gasteiger partial charge in [-0.15, -0.1) is 0 Å². The van der Waals surface area contributed by atoms with Gasteiger partial charge < -0.3 is 14.6 Å². The van der Waals surface area contributed by atoms with Crippen molar-refractivity contribution >= 4 is 28.3 Å². The van der Waals surface area contributed by atoms with Gasteiger partial charge >= 0.3 is 0 Å². The van der Waals surface area contributed by atoms with E-state index in [0.717, 1.165) is 28.8 Å². The van der Waals surface area contributed by atoms with E-state index >= 15 is 0 Å². The molecule has 1 aromatic carbocycles. The van der Waals surface area contributed by atoms with Crippen LogP contribution in [0.2, 0.25) is 0 Å². The van der Waals surface area contributed by atoms with Crippen LogP contribution in [-0.2, 0) is 4.79 Å². The fraction of sp³-hybridized carbons (Fsp3) is 0.292. The molecule has 6 heteroatoms. The smallest absolute Gasteiger partial charge is 0.223 e. The molecule has 0 saturated heterocycles. The summed E-state index contributed by atoms with van der Waals surface area (Å²) in [7, 11) is 0. The van der Waals surface area contributed by atoms with Gasteiger partial charge in [-0.1, -0.05) is 6.08 Å². The van der Waals surface area contributed by atoms with Gasteiger partial charge in [-0.05, 0) is 55.3 Å². The highest BCUT2D eigenvalue weighted by molar-refractivity contribution is 5.98. The van der Waals surface area contributed by atoms with Crippen LogP contribution in [0, 0.1) is 0 Å². The number of aromatic amines is 1. The Labute approximate surface area is 175 Å². The quantitative estimate of drug-likeness (QED) is 0.599. The lowest BCUT2D eigenvalue weighted by atomic mass is 9.99. The third kappa shape index (κ3) is 4.27. The van der Waals surface area contributed by atoms with Gasteiger partial charge in [-0.25, -0.2) is 4.98 Å². The second-order valence-electron chi connectivity index (χ2n) is 7.30. The lowest BCUT2D eigenvalue weighted by molar-refractivity contribution is -0.130. The molecule has 1 aliphatic rings. The summed E-state index contributed by atoms with van der Waals surface area (Å²) in [6, 6.07) is 11.1. The van der Waals surface area contributed by atoms with Gasteiger partial charge in [0.25, 0.3) is 0 Å². The maximum atomic E-state index is 12.6. The van der Waals surface area contributed by atoms with E-state index < -0.39 is 0 Å². The van der Waals surface area contributed by atoms with E-state index in [0.29, 0.717) is 25.3 Å². The Morgan fingerprint density at radius 3 is 2.73 bits per heavy atom. The third-order valence-corrected chi connectivity index (χ3v) is 5.41. The largest absolute Gasteiger partial charge is 0.494 e. The van der Waals surface area contributed by atoms with Crippen molar-refractivity contribution in [3.05, 3.63) is 66.0 Å². The number of hydrogen-bond donors (Lipinski definition) is 1.